The molecule has 12 heavy (non-hydrogen) atoms. The fraction of sp³-hybridized carbons (Fsp3) is 0.857. The van der Waals surface area contributed by atoms with E-state index in [1.165, 1.54) is 6.26 Å². The van der Waals surface area contributed by atoms with Crippen LogP contribution in [-0.2, 0) is 9.84 Å². The van der Waals surface area contributed by atoms with Crippen molar-refractivity contribution in [3.63, 3.8) is 0 Å². The maximum absolute atomic E-state index is 11.2. The highest BCUT2D eigenvalue weighted by atomic mass is 32.2. The topological polar surface area (TPSA) is 72.5 Å². The van der Waals surface area contributed by atoms with Crippen LogP contribution in [0.25, 0.3) is 0 Å². The number of hydrogen-bond acceptors (Lipinski definition) is 4. The molecule has 0 amide bonds. The molecule has 0 spiro atoms. The van der Waals surface area contributed by atoms with Gasteiger partial charge in [-0.1, -0.05) is 6.42 Å². The van der Waals surface area contributed by atoms with Gasteiger partial charge in [0.25, 0.3) is 0 Å². The summed E-state index contributed by atoms with van der Waals surface area (Å²) >= 11 is 0. The summed E-state index contributed by atoms with van der Waals surface area (Å²) in [6.45, 7) is 0. The van der Waals surface area contributed by atoms with Gasteiger partial charge in [0.2, 0.25) is 0 Å². The predicted molar refractivity (Wildman–Crippen MR) is 48.7 cm³/mol. The van der Waals surface area contributed by atoms with Crippen LogP contribution < -0.4 is 5.84 Å². The van der Waals surface area contributed by atoms with Crippen molar-refractivity contribution in [1.82, 2.24) is 0 Å². The molecule has 0 radical (unpaired) electrons. The predicted octanol–water partition coefficient (Wildman–Crippen LogP) is 0.288. The van der Waals surface area contributed by atoms with Crippen molar-refractivity contribution in [2.24, 2.45) is 10.9 Å². The maximum atomic E-state index is 11.2. The third-order valence-electron chi connectivity index (χ3n) is 2.20. The van der Waals surface area contributed by atoms with E-state index >= 15 is 0 Å². The number of sulfone groups is 1. The van der Waals surface area contributed by atoms with E-state index in [1.54, 1.807) is 0 Å². The monoisotopic (exact) mass is 190 g/mol. The smallest absolute Gasteiger partial charge is 0.155 e. The zero-order valence-corrected chi connectivity index (χ0v) is 7.97. The molecule has 0 aromatic carbocycles. The van der Waals surface area contributed by atoms with E-state index in [0.29, 0.717) is 12.1 Å². The summed E-state index contributed by atoms with van der Waals surface area (Å²) in [7, 11) is -3.00. The Morgan fingerprint density at radius 3 is 2.58 bits per heavy atom. The van der Waals surface area contributed by atoms with Crippen molar-refractivity contribution in [2.75, 3.05) is 6.26 Å². The highest BCUT2D eigenvalue weighted by Crippen LogP contribution is 2.20. The van der Waals surface area contributed by atoms with E-state index in [9.17, 15) is 8.42 Å². The van der Waals surface area contributed by atoms with Crippen LogP contribution in [0.4, 0.5) is 0 Å². The first-order valence-electron chi connectivity index (χ1n) is 4.01. The van der Waals surface area contributed by atoms with E-state index in [0.717, 1.165) is 19.3 Å². The minimum absolute atomic E-state index is 0.420. The second-order valence-corrected chi connectivity index (χ2v) is 5.41. The molecule has 0 aromatic rings. The van der Waals surface area contributed by atoms with Crippen LogP contribution in [0, 0.1) is 0 Å². The molecule has 1 aliphatic carbocycles. The fourth-order valence-electron chi connectivity index (χ4n) is 1.57. The van der Waals surface area contributed by atoms with Crippen LogP contribution >= 0.6 is 0 Å². The second-order valence-electron chi connectivity index (χ2n) is 3.18. The first-order valence-corrected chi connectivity index (χ1v) is 5.96. The molecule has 1 aliphatic rings. The summed E-state index contributed by atoms with van der Waals surface area (Å²) < 4.78 is 22.4. The Morgan fingerprint density at radius 2 is 2.17 bits per heavy atom. The molecule has 1 saturated carbocycles. The van der Waals surface area contributed by atoms with E-state index < -0.39 is 15.1 Å². The molecular weight excluding hydrogens is 176 g/mol. The molecule has 4 nitrogen and oxygen atoms in total. The molecule has 1 rings (SSSR count). The van der Waals surface area contributed by atoms with Gasteiger partial charge < -0.3 is 5.84 Å². The molecule has 0 heterocycles. The summed E-state index contributed by atoms with van der Waals surface area (Å²) in [5, 5.41) is 3.11. The highest BCUT2D eigenvalue weighted by molar-refractivity contribution is 7.92. The minimum atomic E-state index is -3.00. The van der Waals surface area contributed by atoms with Crippen molar-refractivity contribution in [1.29, 1.82) is 0 Å². The van der Waals surface area contributed by atoms with Gasteiger partial charge >= 0.3 is 0 Å². The fourth-order valence-corrected chi connectivity index (χ4v) is 2.84. The Balaban J connectivity index is 2.87. The molecule has 5 heteroatoms. The first-order chi connectivity index (χ1) is 5.55. The maximum Gasteiger partial charge on any atom is 0.155 e. The normalized spacial score (nSPS) is 29.1. The minimum Gasteiger partial charge on any atom is -0.323 e. The van der Waals surface area contributed by atoms with Gasteiger partial charge in [0.05, 0.1) is 5.71 Å². The van der Waals surface area contributed by atoms with E-state index in [1.807, 2.05) is 0 Å². The standard InChI is InChI=1S/C7H14N2O2S/c1-12(10,11)7-5-3-2-4-6(7)9-8/h7H,2-5,8H2,1H3/b9-6-. The Labute approximate surface area is 72.8 Å². The molecule has 0 saturated heterocycles. The number of hydrogen-bond donors (Lipinski definition) is 1. The lowest BCUT2D eigenvalue weighted by atomic mass is 9.98. The molecule has 0 aliphatic heterocycles. The molecule has 0 bridgehead atoms. The Hall–Kier alpha value is -0.580. The number of nitrogens with zero attached hydrogens (tertiary/aromatic N) is 1. The SMILES string of the molecule is CS(=O)(=O)C1CCCC/C1=N/N. The van der Waals surface area contributed by atoms with E-state index in [-0.39, 0.29) is 0 Å². The van der Waals surface area contributed by atoms with Gasteiger partial charge in [0.15, 0.2) is 9.84 Å². The molecule has 1 atom stereocenters. The van der Waals surface area contributed by atoms with Gasteiger partial charge in [-0.25, -0.2) is 8.42 Å². The molecule has 1 fully saturated rings. The van der Waals surface area contributed by atoms with Crippen LogP contribution in [0.15, 0.2) is 5.10 Å². The zero-order chi connectivity index (χ0) is 9.19. The van der Waals surface area contributed by atoms with Crippen molar-refractivity contribution >= 4 is 15.5 Å². The van der Waals surface area contributed by atoms with Crippen molar-refractivity contribution in [2.45, 2.75) is 30.9 Å². The van der Waals surface area contributed by atoms with Gasteiger partial charge in [0.1, 0.15) is 5.25 Å². The first kappa shape index (κ1) is 9.51. The van der Waals surface area contributed by atoms with Crippen LogP contribution in [0.1, 0.15) is 25.7 Å². The van der Waals surface area contributed by atoms with Crippen molar-refractivity contribution in [3.8, 4) is 0 Å². The van der Waals surface area contributed by atoms with E-state index in [4.69, 9.17) is 5.84 Å². The third kappa shape index (κ3) is 1.97. The Kier molecular flexibility index (Phi) is 2.72. The van der Waals surface area contributed by atoms with Gasteiger partial charge in [-0.3, -0.25) is 0 Å². The van der Waals surface area contributed by atoms with Gasteiger partial charge in [-0.2, -0.15) is 5.10 Å². The van der Waals surface area contributed by atoms with Gasteiger partial charge in [-0.05, 0) is 19.3 Å². The molecule has 0 aromatic heterocycles. The van der Waals surface area contributed by atoms with Gasteiger partial charge in [-0.15, -0.1) is 0 Å². The number of hydrazone groups is 1. The highest BCUT2D eigenvalue weighted by Gasteiger charge is 2.28. The number of nitrogens with two attached hydrogens (primary N) is 1. The second kappa shape index (κ2) is 3.43. The number of rotatable bonds is 1. The quantitative estimate of drug-likeness (QED) is 0.477. The van der Waals surface area contributed by atoms with E-state index in [2.05, 4.69) is 5.10 Å². The summed E-state index contributed by atoms with van der Waals surface area (Å²) in [6.07, 6.45) is 4.61. The average Bonchev–Trinajstić information content (AvgIpc) is 2.03. The molecule has 2 N–H and O–H groups in total. The molecule has 1 unspecified atom stereocenters. The lowest BCUT2D eigenvalue weighted by molar-refractivity contribution is 0.577. The molecular formula is C7H14N2O2S. The lowest BCUT2D eigenvalue weighted by Crippen LogP contribution is -2.33. The summed E-state index contributed by atoms with van der Waals surface area (Å²) in [4.78, 5) is 0. The van der Waals surface area contributed by atoms with Crippen LogP contribution in [0.3, 0.4) is 0 Å². The van der Waals surface area contributed by atoms with Crippen LogP contribution in [0.2, 0.25) is 0 Å². The largest absolute Gasteiger partial charge is 0.323 e. The van der Waals surface area contributed by atoms with Gasteiger partial charge in [0, 0.05) is 6.26 Å². The summed E-state index contributed by atoms with van der Waals surface area (Å²) in [5.74, 6) is 5.11. The lowest BCUT2D eigenvalue weighted by Gasteiger charge is -2.21. The van der Waals surface area contributed by atoms with Crippen molar-refractivity contribution in [3.05, 3.63) is 0 Å². The zero-order valence-electron chi connectivity index (χ0n) is 7.16. The Morgan fingerprint density at radius 1 is 1.50 bits per heavy atom. The summed E-state index contributed by atoms with van der Waals surface area (Å²) in [6, 6.07) is 0. The third-order valence-corrected chi connectivity index (χ3v) is 3.74. The molecule has 70 valence electrons. The van der Waals surface area contributed by atoms with Crippen LogP contribution in [-0.4, -0.2) is 25.6 Å². The average molecular weight is 190 g/mol. The van der Waals surface area contributed by atoms with Crippen molar-refractivity contribution < 1.29 is 8.42 Å². The van der Waals surface area contributed by atoms with Crippen LogP contribution in [0.5, 0.6) is 0 Å². The summed E-state index contributed by atoms with van der Waals surface area (Å²) in [5.41, 5.74) is 0.642. The Bertz CT molecular complexity index is 282.